The van der Waals surface area contributed by atoms with Crippen molar-refractivity contribution < 1.29 is 4.21 Å². The average Bonchev–Trinajstić information content (AvgIpc) is 3.10. The van der Waals surface area contributed by atoms with Gasteiger partial charge in [0.25, 0.3) is 0 Å². The van der Waals surface area contributed by atoms with Crippen LogP contribution in [-0.4, -0.2) is 29.2 Å². The summed E-state index contributed by atoms with van der Waals surface area (Å²) < 4.78 is 14.4. The van der Waals surface area contributed by atoms with E-state index in [4.69, 9.17) is 0 Å². The molecule has 1 atom stereocenters. The molecule has 0 amide bonds. The van der Waals surface area contributed by atoms with Crippen LogP contribution < -0.4 is 5.56 Å². The Morgan fingerprint density at radius 2 is 1.96 bits per heavy atom. The Morgan fingerprint density at radius 3 is 2.71 bits per heavy atom. The number of hydrogen-bond acceptors (Lipinski definition) is 4. The van der Waals surface area contributed by atoms with E-state index >= 15 is 0 Å². The summed E-state index contributed by atoms with van der Waals surface area (Å²) in [5.41, 5.74) is 3.37. The van der Waals surface area contributed by atoms with E-state index in [0.29, 0.717) is 0 Å². The smallest absolute Gasteiger partial charge is 0.247 e. The zero-order valence-electron chi connectivity index (χ0n) is 15.0. The minimum Gasteiger partial charge on any atom is -0.328 e. The number of rotatable bonds is 4. The molecule has 1 fully saturated rings. The molecule has 1 saturated carbocycles. The molecule has 140 valence electrons. The van der Waals surface area contributed by atoms with Gasteiger partial charge in [0.1, 0.15) is 0 Å². The molecule has 3 heterocycles. The summed E-state index contributed by atoms with van der Waals surface area (Å²) in [4.78, 5) is 19.3. The van der Waals surface area contributed by atoms with Crippen LogP contribution in [0.1, 0.15) is 19.3 Å². The Kier molecular flexibility index (Phi) is 4.16. The number of benzene rings is 1. The first-order valence-electron chi connectivity index (χ1n) is 9.23. The lowest BCUT2D eigenvalue weighted by atomic mass is 10.0. The van der Waals surface area contributed by atoms with E-state index in [1.807, 2.05) is 30.3 Å². The molecule has 1 aliphatic carbocycles. The Labute approximate surface area is 163 Å². The summed E-state index contributed by atoms with van der Waals surface area (Å²) in [6.45, 7) is 0. The zero-order chi connectivity index (χ0) is 19.1. The van der Waals surface area contributed by atoms with Crippen LogP contribution in [0.3, 0.4) is 0 Å². The second-order valence-electron chi connectivity index (χ2n) is 6.98. The Morgan fingerprint density at radius 1 is 1.07 bits per heavy atom. The fourth-order valence-electron chi connectivity index (χ4n) is 3.38. The summed E-state index contributed by atoms with van der Waals surface area (Å²) in [5.74, 6) is 0. The van der Waals surface area contributed by atoms with Gasteiger partial charge in [-0.05, 0) is 48.2 Å². The molecule has 5 rings (SSSR count). The molecule has 0 spiro atoms. The molecule has 0 unspecified atom stereocenters. The van der Waals surface area contributed by atoms with Gasteiger partial charge >= 0.3 is 0 Å². The van der Waals surface area contributed by atoms with Crippen molar-refractivity contribution in [2.75, 3.05) is 0 Å². The number of nitrogens with zero attached hydrogens (tertiary/aromatic N) is 3. The van der Waals surface area contributed by atoms with E-state index in [1.54, 1.807) is 29.3 Å². The minimum absolute atomic E-state index is 0.128. The number of H-pyrrole nitrogens is 1. The lowest BCUT2D eigenvalue weighted by Gasteiger charge is -2.24. The van der Waals surface area contributed by atoms with Gasteiger partial charge in [0.15, 0.2) is 5.65 Å². The zero-order valence-corrected chi connectivity index (χ0v) is 15.9. The van der Waals surface area contributed by atoms with Crippen molar-refractivity contribution in [3.63, 3.8) is 0 Å². The molecule has 4 aromatic rings. The van der Waals surface area contributed by atoms with Gasteiger partial charge in [-0.1, -0.05) is 18.6 Å². The van der Waals surface area contributed by atoms with E-state index in [1.165, 1.54) is 6.07 Å². The first kappa shape index (κ1) is 17.1. The van der Waals surface area contributed by atoms with Crippen LogP contribution >= 0.6 is 0 Å². The molecule has 7 heteroatoms. The number of hydrogen-bond donors (Lipinski definition) is 1. The highest BCUT2D eigenvalue weighted by molar-refractivity contribution is 7.85. The third-order valence-electron chi connectivity index (χ3n) is 5.18. The Hall–Kier alpha value is -3.06. The highest BCUT2D eigenvalue weighted by Gasteiger charge is 2.25. The molecule has 28 heavy (non-hydrogen) atoms. The molecule has 0 radical (unpaired) electrons. The lowest BCUT2D eigenvalue weighted by molar-refractivity contribution is 0.505. The number of fused-ring (bicyclic) bond motifs is 1. The molecule has 0 aliphatic heterocycles. The number of pyridine rings is 2. The molecule has 0 saturated heterocycles. The van der Waals surface area contributed by atoms with Gasteiger partial charge in [-0.2, -0.15) is 5.10 Å². The fourth-order valence-corrected chi connectivity index (χ4v) is 4.93. The number of aromatic nitrogens is 4. The van der Waals surface area contributed by atoms with E-state index in [0.717, 1.165) is 52.0 Å². The van der Waals surface area contributed by atoms with Crippen molar-refractivity contribution in [2.24, 2.45) is 0 Å². The van der Waals surface area contributed by atoms with Gasteiger partial charge in [0.2, 0.25) is 5.56 Å². The lowest BCUT2D eigenvalue weighted by Crippen LogP contribution is -2.23. The van der Waals surface area contributed by atoms with Crippen LogP contribution in [0.5, 0.6) is 0 Å². The predicted octanol–water partition coefficient (Wildman–Crippen LogP) is 3.44. The second-order valence-corrected chi connectivity index (χ2v) is 8.72. The summed E-state index contributed by atoms with van der Waals surface area (Å²) in [6, 6.07) is 13.1. The minimum atomic E-state index is -0.992. The van der Waals surface area contributed by atoms with Gasteiger partial charge in [-0.3, -0.25) is 9.00 Å². The van der Waals surface area contributed by atoms with Crippen molar-refractivity contribution in [1.29, 1.82) is 0 Å². The summed E-state index contributed by atoms with van der Waals surface area (Å²) in [6.07, 6.45) is 8.39. The average molecular weight is 390 g/mol. The maximum absolute atomic E-state index is 12.6. The van der Waals surface area contributed by atoms with Crippen molar-refractivity contribution >= 4 is 21.8 Å². The third kappa shape index (κ3) is 2.97. The van der Waals surface area contributed by atoms with Gasteiger partial charge < -0.3 is 4.98 Å². The maximum Gasteiger partial charge on any atom is 0.247 e. The fraction of sp³-hybridized carbons (Fsp3) is 0.190. The largest absolute Gasteiger partial charge is 0.328 e. The number of nitrogens with one attached hydrogen (secondary N) is 1. The number of aromatic amines is 1. The summed E-state index contributed by atoms with van der Waals surface area (Å²) >= 11 is 0. The van der Waals surface area contributed by atoms with E-state index in [-0.39, 0.29) is 10.8 Å². The van der Waals surface area contributed by atoms with Crippen LogP contribution in [0.15, 0.2) is 70.7 Å². The Balaban J connectivity index is 1.52. The first-order valence-corrected chi connectivity index (χ1v) is 10.4. The highest BCUT2D eigenvalue weighted by atomic mass is 32.2. The molecular formula is C21H18N4O2S. The summed E-state index contributed by atoms with van der Waals surface area (Å²) in [5, 5.41) is 5.63. The topological polar surface area (TPSA) is 80.6 Å². The molecule has 1 aromatic carbocycles. The molecule has 3 aromatic heterocycles. The van der Waals surface area contributed by atoms with Crippen LogP contribution in [0.2, 0.25) is 0 Å². The standard InChI is InChI=1S/C21H18N4O2S/c26-20-8-7-15(11-22-20)14-3-1-4-17(9-14)25-21-16(12-24-25)10-19(13-23-21)28(27)18-5-2-6-18/h1,3-4,7-13,18H,2,5-6H2,(H,22,26)/t28-/m1/s1. The SMILES string of the molecule is O=c1ccc(-c2cccc(-n3ncc4cc([S@](=O)C5CCC5)cnc43)c2)c[nH]1. The third-order valence-corrected chi connectivity index (χ3v) is 6.94. The highest BCUT2D eigenvalue weighted by Crippen LogP contribution is 2.29. The van der Waals surface area contributed by atoms with Crippen molar-refractivity contribution in [2.45, 2.75) is 29.4 Å². The molecule has 0 bridgehead atoms. The quantitative estimate of drug-likeness (QED) is 0.579. The summed E-state index contributed by atoms with van der Waals surface area (Å²) in [7, 11) is -0.992. The molecular weight excluding hydrogens is 372 g/mol. The monoisotopic (exact) mass is 390 g/mol. The predicted molar refractivity (Wildman–Crippen MR) is 109 cm³/mol. The van der Waals surface area contributed by atoms with Gasteiger partial charge in [0.05, 0.1) is 27.6 Å². The van der Waals surface area contributed by atoms with Crippen LogP contribution in [-0.2, 0) is 10.8 Å². The van der Waals surface area contributed by atoms with Crippen molar-refractivity contribution in [3.8, 4) is 16.8 Å². The second kappa shape index (κ2) is 6.83. The van der Waals surface area contributed by atoms with Crippen molar-refractivity contribution in [1.82, 2.24) is 19.7 Å². The van der Waals surface area contributed by atoms with E-state index < -0.39 is 10.8 Å². The van der Waals surface area contributed by atoms with Crippen LogP contribution in [0, 0.1) is 0 Å². The van der Waals surface area contributed by atoms with E-state index in [2.05, 4.69) is 15.1 Å². The van der Waals surface area contributed by atoms with E-state index in [9.17, 15) is 9.00 Å². The molecule has 1 aliphatic rings. The maximum atomic E-state index is 12.6. The van der Waals surface area contributed by atoms with Crippen LogP contribution in [0.4, 0.5) is 0 Å². The van der Waals surface area contributed by atoms with Crippen molar-refractivity contribution in [3.05, 3.63) is 71.4 Å². The van der Waals surface area contributed by atoms with Gasteiger partial charge in [-0.15, -0.1) is 0 Å². The molecule has 1 N–H and O–H groups in total. The first-order chi connectivity index (χ1) is 13.7. The normalized spacial score (nSPS) is 15.4. The van der Waals surface area contributed by atoms with Gasteiger partial charge in [0, 0.05) is 29.1 Å². The Bertz CT molecular complexity index is 1240. The van der Waals surface area contributed by atoms with Gasteiger partial charge in [-0.25, -0.2) is 9.67 Å². The molecule has 6 nitrogen and oxygen atoms in total. The van der Waals surface area contributed by atoms with Crippen LogP contribution in [0.25, 0.3) is 27.8 Å².